The highest BCUT2D eigenvalue weighted by molar-refractivity contribution is 7.72. The molecular weight excluding hydrogens is 289 g/mol. The third kappa shape index (κ3) is 3.64. The van der Waals surface area contributed by atoms with Crippen LogP contribution in [0.3, 0.4) is 0 Å². The lowest BCUT2D eigenvalue weighted by Gasteiger charge is -2.19. The quantitative estimate of drug-likeness (QED) is 0.542. The number of hydrogen-bond donors (Lipinski definition) is 3. The fourth-order valence-electron chi connectivity index (χ4n) is 2.38. The van der Waals surface area contributed by atoms with Crippen molar-refractivity contribution in [3.05, 3.63) is 34.4 Å². The van der Waals surface area contributed by atoms with Crippen LogP contribution in [0, 0.1) is 0 Å². The highest BCUT2D eigenvalue weighted by Crippen LogP contribution is 2.39. The van der Waals surface area contributed by atoms with E-state index in [0.29, 0.717) is 6.42 Å². The Balaban J connectivity index is 2.26. The van der Waals surface area contributed by atoms with Crippen LogP contribution in [-0.4, -0.2) is 57.8 Å². The Morgan fingerprint density at radius 2 is 2.14 bits per heavy atom. The van der Waals surface area contributed by atoms with Crippen molar-refractivity contribution >= 4 is 19.0 Å². The lowest BCUT2D eigenvalue weighted by molar-refractivity contribution is 0.0302. The van der Waals surface area contributed by atoms with Crippen LogP contribution in [0.25, 0.3) is 0 Å². The first-order valence-corrected chi connectivity index (χ1v) is 9.83. The molecule has 0 saturated heterocycles. The zero-order valence-corrected chi connectivity index (χ0v) is 13.2. The van der Waals surface area contributed by atoms with Crippen molar-refractivity contribution in [1.29, 1.82) is 0 Å². The van der Waals surface area contributed by atoms with Crippen LogP contribution in [0.4, 0.5) is 5.82 Å². The van der Waals surface area contributed by atoms with Crippen LogP contribution in [0.15, 0.2) is 28.7 Å². The standard InChI is InChI=1S/C14H22N3O3P/c1-21(2,3)7-5-9-8-10(13(19)12(9)18)17-6-4-11(15)16-14(17)20/h4,6,8,10,12-13,18-19H,1,5,7H2,2-3H3,(H2,15,16,20)/t10-,12-,13+/m1/s1. The van der Waals surface area contributed by atoms with Gasteiger partial charge in [-0.1, -0.05) is 6.08 Å². The van der Waals surface area contributed by atoms with Gasteiger partial charge in [0.15, 0.2) is 0 Å². The van der Waals surface area contributed by atoms with Crippen molar-refractivity contribution in [1.82, 2.24) is 9.55 Å². The molecule has 6 nitrogen and oxygen atoms in total. The van der Waals surface area contributed by atoms with Gasteiger partial charge in [-0.15, -0.1) is 13.2 Å². The summed E-state index contributed by atoms with van der Waals surface area (Å²) in [6.45, 7) is 3.04. The lowest BCUT2D eigenvalue weighted by Crippen LogP contribution is -2.35. The fourth-order valence-corrected chi connectivity index (χ4v) is 3.25. The summed E-state index contributed by atoms with van der Waals surface area (Å²) in [6, 6.07) is 0.888. The molecule has 0 saturated carbocycles. The molecule has 0 radical (unpaired) electrons. The Labute approximate surface area is 123 Å². The predicted molar refractivity (Wildman–Crippen MR) is 87.4 cm³/mol. The molecule has 0 amide bonds. The first-order chi connectivity index (χ1) is 9.69. The smallest absolute Gasteiger partial charge is 0.350 e. The molecular formula is C14H22N3O3P. The molecule has 0 fully saturated rings. The largest absolute Gasteiger partial charge is 0.388 e. The van der Waals surface area contributed by atoms with Crippen molar-refractivity contribution < 1.29 is 10.2 Å². The molecule has 3 atom stereocenters. The molecule has 1 aromatic heterocycles. The Hall–Kier alpha value is -1.36. The van der Waals surface area contributed by atoms with Crippen LogP contribution in [0.5, 0.6) is 0 Å². The van der Waals surface area contributed by atoms with Gasteiger partial charge in [0.25, 0.3) is 0 Å². The molecule has 0 bridgehead atoms. The van der Waals surface area contributed by atoms with Crippen LogP contribution in [0.1, 0.15) is 12.5 Å². The number of aromatic nitrogens is 2. The van der Waals surface area contributed by atoms with E-state index in [1.807, 2.05) is 0 Å². The van der Waals surface area contributed by atoms with E-state index in [9.17, 15) is 15.0 Å². The number of rotatable bonds is 4. The van der Waals surface area contributed by atoms with Crippen LogP contribution in [0.2, 0.25) is 0 Å². The molecule has 0 spiro atoms. The predicted octanol–water partition coefficient (Wildman–Crippen LogP) is 0.128. The number of nitrogens with zero attached hydrogens (tertiary/aromatic N) is 2. The number of nitrogen functional groups attached to an aromatic ring is 1. The minimum absolute atomic E-state index is 0.136. The number of nitrogens with two attached hydrogens (primary N) is 1. The summed E-state index contributed by atoms with van der Waals surface area (Å²) in [5.74, 6) is 0.136. The summed E-state index contributed by atoms with van der Waals surface area (Å²) in [7, 11) is 0. The van der Waals surface area contributed by atoms with Crippen LogP contribution in [-0.2, 0) is 0 Å². The molecule has 116 valence electrons. The second-order valence-corrected chi connectivity index (χ2v) is 10.4. The molecule has 0 aromatic carbocycles. The maximum Gasteiger partial charge on any atom is 0.350 e. The fraction of sp³-hybridized carbons (Fsp3) is 0.500. The lowest BCUT2D eigenvalue weighted by atomic mass is 10.1. The third-order valence-electron chi connectivity index (χ3n) is 3.62. The van der Waals surface area contributed by atoms with Gasteiger partial charge in [-0.2, -0.15) is 4.98 Å². The minimum atomic E-state index is -1.20. The molecule has 1 aliphatic rings. The van der Waals surface area contributed by atoms with Gasteiger partial charge >= 0.3 is 5.69 Å². The Bertz CT molecular complexity index is 662. The molecule has 1 heterocycles. The van der Waals surface area contributed by atoms with E-state index in [0.717, 1.165) is 11.7 Å². The van der Waals surface area contributed by atoms with Crippen molar-refractivity contribution in [2.24, 2.45) is 0 Å². The Kier molecular flexibility index (Phi) is 4.42. The van der Waals surface area contributed by atoms with Gasteiger partial charge in [-0.05, 0) is 37.6 Å². The summed E-state index contributed by atoms with van der Waals surface area (Å²) >= 11 is 0. The van der Waals surface area contributed by atoms with Crippen molar-refractivity contribution in [2.75, 3.05) is 25.2 Å². The summed E-state index contributed by atoms with van der Waals surface area (Å²) in [6.07, 6.45) is 6.95. The highest BCUT2D eigenvalue weighted by atomic mass is 31.2. The van der Waals surface area contributed by atoms with Crippen molar-refractivity contribution in [3.8, 4) is 0 Å². The first-order valence-electron chi connectivity index (χ1n) is 6.78. The van der Waals surface area contributed by atoms with Crippen molar-refractivity contribution in [3.63, 3.8) is 0 Å². The summed E-state index contributed by atoms with van der Waals surface area (Å²) in [5, 5.41) is 20.3. The maximum atomic E-state index is 11.8. The molecule has 1 aromatic rings. The van der Waals surface area contributed by atoms with Crippen LogP contribution >= 0.6 is 6.89 Å². The summed E-state index contributed by atoms with van der Waals surface area (Å²) < 4.78 is 1.29. The molecule has 0 unspecified atom stereocenters. The van der Waals surface area contributed by atoms with E-state index >= 15 is 0 Å². The summed E-state index contributed by atoms with van der Waals surface area (Å²) in [5.41, 5.74) is 5.68. The molecule has 4 N–H and O–H groups in total. The van der Waals surface area contributed by atoms with E-state index in [2.05, 4.69) is 24.6 Å². The number of hydrogen-bond acceptors (Lipinski definition) is 5. The normalized spacial score (nSPS) is 25.9. The molecule has 7 heteroatoms. The van der Waals surface area contributed by atoms with Gasteiger partial charge in [0.05, 0.1) is 6.04 Å². The third-order valence-corrected chi connectivity index (χ3v) is 5.05. The van der Waals surface area contributed by atoms with Crippen molar-refractivity contribution in [2.45, 2.75) is 24.7 Å². The van der Waals surface area contributed by atoms with Gasteiger partial charge < -0.3 is 15.9 Å². The number of aliphatic hydroxyl groups excluding tert-OH is 2. The first kappa shape index (κ1) is 16.0. The minimum Gasteiger partial charge on any atom is -0.388 e. The highest BCUT2D eigenvalue weighted by Gasteiger charge is 2.35. The van der Waals surface area contributed by atoms with Gasteiger partial charge in [-0.25, -0.2) is 4.79 Å². The maximum absolute atomic E-state index is 11.8. The second kappa shape index (κ2) is 5.79. The molecule has 2 rings (SSSR count). The average Bonchev–Trinajstić information content (AvgIpc) is 2.64. The molecule has 1 aliphatic carbocycles. The average molecular weight is 311 g/mol. The molecule has 0 aliphatic heterocycles. The van der Waals surface area contributed by atoms with E-state index in [4.69, 9.17) is 5.73 Å². The van der Waals surface area contributed by atoms with E-state index < -0.39 is 30.8 Å². The van der Waals surface area contributed by atoms with E-state index in [1.165, 1.54) is 16.8 Å². The van der Waals surface area contributed by atoms with Gasteiger partial charge in [0, 0.05) is 6.20 Å². The zero-order valence-electron chi connectivity index (χ0n) is 12.3. The van der Waals surface area contributed by atoms with Gasteiger partial charge in [0.1, 0.15) is 18.0 Å². The topological polar surface area (TPSA) is 101 Å². The van der Waals surface area contributed by atoms with Gasteiger partial charge in [-0.3, -0.25) is 4.57 Å². The van der Waals surface area contributed by atoms with E-state index in [-0.39, 0.29) is 5.82 Å². The second-order valence-electron chi connectivity index (χ2n) is 6.12. The van der Waals surface area contributed by atoms with E-state index in [1.54, 1.807) is 6.08 Å². The number of anilines is 1. The SMILES string of the molecule is C=P(C)(C)CCC1=C[C@@H](n2ccc(N)nc2=O)[C@H](O)[C@@H]1O. The Morgan fingerprint density at radius 1 is 1.48 bits per heavy atom. The van der Waals surface area contributed by atoms with Gasteiger partial charge in [0.2, 0.25) is 0 Å². The van der Waals surface area contributed by atoms with Crippen LogP contribution < -0.4 is 11.4 Å². The number of aliphatic hydroxyl groups is 2. The Morgan fingerprint density at radius 3 is 2.71 bits per heavy atom. The monoisotopic (exact) mass is 311 g/mol. The summed E-state index contributed by atoms with van der Waals surface area (Å²) in [4.78, 5) is 15.5. The molecule has 21 heavy (non-hydrogen) atoms. The zero-order chi connectivity index (χ0) is 15.8.